The molecule has 1 aromatic carbocycles. The summed E-state index contributed by atoms with van der Waals surface area (Å²) >= 11 is 0. The Bertz CT molecular complexity index is 515. The van der Waals surface area contributed by atoms with E-state index in [4.69, 9.17) is 0 Å². The Morgan fingerprint density at radius 2 is 1.68 bits per heavy atom. The molecule has 1 N–H and O–H groups in total. The third kappa shape index (κ3) is 5.55. The fourth-order valence-corrected chi connectivity index (χ4v) is 2.04. The number of hydrogen-bond acceptors (Lipinski definition) is 5. The van der Waals surface area contributed by atoms with E-state index in [0.29, 0.717) is 0 Å². The van der Waals surface area contributed by atoms with Gasteiger partial charge >= 0.3 is 11.9 Å². The highest BCUT2D eigenvalue weighted by atomic mass is 16.5. The van der Waals surface area contributed by atoms with E-state index in [1.807, 2.05) is 37.3 Å². The number of carbonyl (C=O) groups is 3. The van der Waals surface area contributed by atoms with Crippen molar-refractivity contribution in [3.05, 3.63) is 35.9 Å². The average Bonchev–Trinajstić information content (AvgIpc) is 2.53. The van der Waals surface area contributed by atoms with Crippen LogP contribution in [-0.4, -0.2) is 32.1 Å². The Balaban J connectivity index is 2.62. The maximum atomic E-state index is 12.1. The van der Waals surface area contributed by atoms with Crippen molar-refractivity contribution in [1.82, 2.24) is 5.32 Å². The first-order valence-electron chi connectivity index (χ1n) is 6.96. The van der Waals surface area contributed by atoms with Crippen molar-refractivity contribution >= 4 is 17.8 Å². The van der Waals surface area contributed by atoms with Gasteiger partial charge in [-0.25, -0.2) is 0 Å². The highest BCUT2D eigenvalue weighted by Crippen LogP contribution is 2.15. The molecule has 2 atom stereocenters. The van der Waals surface area contributed by atoms with Crippen LogP contribution in [0, 0.1) is 5.92 Å². The topological polar surface area (TPSA) is 81.7 Å². The number of esters is 2. The highest BCUT2D eigenvalue weighted by molar-refractivity contribution is 5.86. The Kier molecular flexibility index (Phi) is 7.08. The molecule has 0 saturated carbocycles. The molecular formula is C16H21NO5. The van der Waals surface area contributed by atoms with E-state index >= 15 is 0 Å². The van der Waals surface area contributed by atoms with Crippen LogP contribution in [0.25, 0.3) is 0 Å². The second-order valence-electron chi connectivity index (χ2n) is 4.90. The van der Waals surface area contributed by atoms with E-state index in [-0.39, 0.29) is 24.8 Å². The SMILES string of the molecule is COC(=O)C[C@@H](CC(=O)N[C@H](C)c1ccccc1)C(=O)OC. The van der Waals surface area contributed by atoms with Crippen LogP contribution in [-0.2, 0) is 23.9 Å². The molecule has 0 heterocycles. The van der Waals surface area contributed by atoms with Gasteiger partial charge in [-0.05, 0) is 12.5 Å². The molecule has 0 aliphatic carbocycles. The van der Waals surface area contributed by atoms with Crippen LogP contribution in [0.2, 0.25) is 0 Å². The molecule has 1 amide bonds. The van der Waals surface area contributed by atoms with Gasteiger partial charge in [0.15, 0.2) is 0 Å². The van der Waals surface area contributed by atoms with E-state index in [1.54, 1.807) is 0 Å². The van der Waals surface area contributed by atoms with Gasteiger partial charge in [0.05, 0.1) is 32.6 Å². The molecule has 0 saturated heterocycles. The van der Waals surface area contributed by atoms with Gasteiger partial charge in [0.2, 0.25) is 5.91 Å². The molecule has 6 nitrogen and oxygen atoms in total. The normalized spacial score (nSPS) is 12.9. The number of ether oxygens (including phenoxy) is 2. The first kappa shape index (κ1) is 17.7. The van der Waals surface area contributed by atoms with Crippen molar-refractivity contribution in [2.75, 3.05) is 14.2 Å². The van der Waals surface area contributed by atoms with Crippen molar-refractivity contribution in [1.29, 1.82) is 0 Å². The quantitative estimate of drug-likeness (QED) is 0.774. The molecule has 0 aromatic heterocycles. The van der Waals surface area contributed by atoms with Crippen molar-refractivity contribution in [3.63, 3.8) is 0 Å². The van der Waals surface area contributed by atoms with Gasteiger partial charge in [-0.1, -0.05) is 30.3 Å². The van der Waals surface area contributed by atoms with Crippen molar-refractivity contribution < 1.29 is 23.9 Å². The average molecular weight is 307 g/mol. The van der Waals surface area contributed by atoms with Crippen LogP contribution in [0.4, 0.5) is 0 Å². The molecule has 0 fully saturated rings. The Morgan fingerprint density at radius 3 is 2.23 bits per heavy atom. The number of hydrogen-bond donors (Lipinski definition) is 1. The molecule has 22 heavy (non-hydrogen) atoms. The van der Waals surface area contributed by atoms with Crippen molar-refractivity contribution in [2.45, 2.75) is 25.8 Å². The van der Waals surface area contributed by atoms with E-state index in [1.165, 1.54) is 14.2 Å². The Labute approximate surface area is 129 Å². The molecule has 6 heteroatoms. The molecule has 1 rings (SSSR count). The van der Waals surface area contributed by atoms with Gasteiger partial charge in [-0.15, -0.1) is 0 Å². The second-order valence-corrected chi connectivity index (χ2v) is 4.90. The number of rotatable bonds is 7. The zero-order valence-corrected chi connectivity index (χ0v) is 13.0. The number of methoxy groups -OCH3 is 2. The van der Waals surface area contributed by atoms with E-state index < -0.39 is 17.9 Å². The fourth-order valence-electron chi connectivity index (χ4n) is 2.04. The van der Waals surface area contributed by atoms with Crippen LogP contribution in [0.3, 0.4) is 0 Å². The largest absolute Gasteiger partial charge is 0.469 e. The lowest BCUT2D eigenvalue weighted by atomic mass is 10.0. The van der Waals surface area contributed by atoms with Crippen LogP contribution in [0.5, 0.6) is 0 Å². The summed E-state index contributed by atoms with van der Waals surface area (Å²) in [6.45, 7) is 1.85. The number of benzene rings is 1. The second kappa shape index (κ2) is 8.81. The first-order valence-corrected chi connectivity index (χ1v) is 6.96. The van der Waals surface area contributed by atoms with Gasteiger partial charge in [0.1, 0.15) is 0 Å². The van der Waals surface area contributed by atoms with Crippen LogP contribution in [0.1, 0.15) is 31.4 Å². The lowest BCUT2D eigenvalue weighted by molar-refractivity contribution is -0.153. The smallest absolute Gasteiger partial charge is 0.309 e. The third-order valence-electron chi connectivity index (χ3n) is 3.28. The predicted octanol–water partition coefficient (Wildman–Crippen LogP) is 1.61. The molecule has 0 radical (unpaired) electrons. The lowest BCUT2D eigenvalue weighted by Gasteiger charge is -2.17. The van der Waals surface area contributed by atoms with Gasteiger partial charge in [0.25, 0.3) is 0 Å². The minimum absolute atomic E-state index is 0.126. The van der Waals surface area contributed by atoms with Crippen LogP contribution >= 0.6 is 0 Å². The summed E-state index contributed by atoms with van der Waals surface area (Å²) in [5.41, 5.74) is 0.957. The maximum absolute atomic E-state index is 12.1. The fraction of sp³-hybridized carbons (Fsp3) is 0.438. The molecule has 0 aliphatic heterocycles. The van der Waals surface area contributed by atoms with Crippen LogP contribution < -0.4 is 5.32 Å². The molecule has 0 aliphatic rings. The molecule has 0 unspecified atom stereocenters. The summed E-state index contributed by atoms with van der Waals surface area (Å²) < 4.78 is 9.15. The molecule has 120 valence electrons. The van der Waals surface area contributed by atoms with Gasteiger partial charge in [0, 0.05) is 6.42 Å². The van der Waals surface area contributed by atoms with Crippen molar-refractivity contribution in [3.8, 4) is 0 Å². The van der Waals surface area contributed by atoms with E-state index in [0.717, 1.165) is 5.56 Å². The van der Waals surface area contributed by atoms with Gasteiger partial charge in [-0.2, -0.15) is 0 Å². The Hall–Kier alpha value is -2.37. The van der Waals surface area contributed by atoms with Gasteiger partial charge < -0.3 is 14.8 Å². The predicted molar refractivity (Wildman–Crippen MR) is 79.8 cm³/mol. The summed E-state index contributed by atoms with van der Waals surface area (Å²) in [5, 5.41) is 2.80. The van der Waals surface area contributed by atoms with E-state index in [9.17, 15) is 14.4 Å². The van der Waals surface area contributed by atoms with Crippen LogP contribution in [0.15, 0.2) is 30.3 Å². The zero-order chi connectivity index (χ0) is 16.5. The maximum Gasteiger partial charge on any atom is 0.309 e. The highest BCUT2D eigenvalue weighted by Gasteiger charge is 2.26. The summed E-state index contributed by atoms with van der Waals surface area (Å²) in [5.74, 6) is -2.33. The zero-order valence-electron chi connectivity index (χ0n) is 13.0. The molecule has 0 bridgehead atoms. The molecule has 1 aromatic rings. The number of amides is 1. The Morgan fingerprint density at radius 1 is 1.05 bits per heavy atom. The van der Waals surface area contributed by atoms with Gasteiger partial charge in [-0.3, -0.25) is 14.4 Å². The summed E-state index contributed by atoms with van der Waals surface area (Å²) in [7, 11) is 2.45. The lowest BCUT2D eigenvalue weighted by Crippen LogP contribution is -2.32. The minimum atomic E-state index is -0.847. The molecule has 0 spiro atoms. The number of carbonyl (C=O) groups excluding carboxylic acids is 3. The minimum Gasteiger partial charge on any atom is -0.469 e. The standard InChI is InChI=1S/C16H21NO5/c1-11(12-7-5-4-6-8-12)17-14(18)9-13(16(20)22-3)10-15(19)21-2/h4-8,11,13H,9-10H2,1-3H3,(H,17,18)/t11-,13-/m1/s1. The summed E-state index contributed by atoms with van der Waals surface area (Å²) in [4.78, 5) is 35.0. The third-order valence-corrected chi connectivity index (χ3v) is 3.28. The summed E-state index contributed by atoms with van der Waals surface area (Å²) in [6, 6.07) is 9.26. The molecular weight excluding hydrogens is 286 g/mol. The number of nitrogens with one attached hydrogen (secondary N) is 1. The van der Waals surface area contributed by atoms with Crippen molar-refractivity contribution in [2.24, 2.45) is 5.92 Å². The first-order chi connectivity index (χ1) is 10.5. The summed E-state index contributed by atoms with van der Waals surface area (Å²) in [6.07, 6.45) is -0.310. The van der Waals surface area contributed by atoms with E-state index in [2.05, 4.69) is 14.8 Å². The monoisotopic (exact) mass is 307 g/mol.